The zero-order valence-corrected chi connectivity index (χ0v) is 10.1. The summed E-state index contributed by atoms with van der Waals surface area (Å²) in [4.78, 5) is 4.51. The number of methoxy groups -OCH3 is 2. The molecule has 90 valence electrons. The summed E-state index contributed by atoms with van der Waals surface area (Å²) in [5, 5.41) is 3.29. The zero-order chi connectivity index (χ0) is 11.5. The minimum Gasteiger partial charge on any atom is -0.356 e. The van der Waals surface area contributed by atoms with Crippen LogP contribution < -0.4 is 5.32 Å². The molecule has 1 aliphatic heterocycles. The first-order chi connectivity index (χ1) is 7.80. The summed E-state index contributed by atoms with van der Waals surface area (Å²) in [5.41, 5.74) is 1.10. The Kier molecular flexibility index (Phi) is 3.46. The minimum absolute atomic E-state index is 0.207. The van der Waals surface area contributed by atoms with Crippen LogP contribution in [0.25, 0.3) is 0 Å². The molecule has 1 unspecified atom stereocenters. The largest absolute Gasteiger partial charge is 0.356 e. The molecule has 2 heterocycles. The number of anilines is 1. The Morgan fingerprint density at radius 2 is 2.31 bits per heavy atom. The third kappa shape index (κ3) is 1.92. The lowest BCUT2D eigenvalue weighted by molar-refractivity contribution is -0.133. The van der Waals surface area contributed by atoms with Gasteiger partial charge < -0.3 is 19.4 Å². The van der Waals surface area contributed by atoms with Crippen molar-refractivity contribution in [3.63, 3.8) is 0 Å². The monoisotopic (exact) mass is 225 g/mol. The van der Waals surface area contributed by atoms with E-state index in [9.17, 15) is 0 Å². The molecule has 1 aromatic heterocycles. The van der Waals surface area contributed by atoms with Crippen LogP contribution >= 0.6 is 0 Å². The second kappa shape index (κ2) is 4.84. The third-order valence-corrected chi connectivity index (χ3v) is 3.00. The Balaban J connectivity index is 2.27. The number of aromatic nitrogens is 2. The maximum Gasteiger partial charge on any atom is 0.203 e. The summed E-state index contributed by atoms with van der Waals surface area (Å²) in [6.07, 6.45) is 3.80. The van der Waals surface area contributed by atoms with Crippen LogP contribution in [0.5, 0.6) is 0 Å². The minimum atomic E-state index is -0.209. The molecule has 0 fully saturated rings. The Morgan fingerprint density at radius 1 is 1.56 bits per heavy atom. The van der Waals surface area contributed by atoms with E-state index < -0.39 is 0 Å². The molecule has 16 heavy (non-hydrogen) atoms. The van der Waals surface area contributed by atoms with Crippen LogP contribution in [0.3, 0.4) is 0 Å². The molecule has 0 spiro atoms. The molecule has 1 atom stereocenters. The van der Waals surface area contributed by atoms with Gasteiger partial charge in [-0.15, -0.1) is 0 Å². The lowest BCUT2D eigenvalue weighted by atomic mass is 10.1. The van der Waals surface area contributed by atoms with Crippen molar-refractivity contribution in [2.24, 2.45) is 0 Å². The SMILES string of the molecule is CCc1cn2c(n1)NCCC2C(OC)OC. The Labute approximate surface area is 95.8 Å². The van der Waals surface area contributed by atoms with Gasteiger partial charge in [-0.25, -0.2) is 4.98 Å². The number of nitrogens with one attached hydrogen (secondary N) is 1. The average molecular weight is 225 g/mol. The van der Waals surface area contributed by atoms with Gasteiger partial charge in [-0.3, -0.25) is 0 Å². The van der Waals surface area contributed by atoms with Gasteiger partial charge in [-0.05, 0) is 12.8 Å². The van der Waals surface area contributed by atoms with E-state index in [1.165, 1.54) is 0 Å². The molecular formula is C11H19N3O2. The van der Waals surface area contributed by atoms with Gasteiger partial charge in [0.2, 0.25) is 5.95 Å². The van der Waals surface area contributed by atoms with Crippen LogP contribution in [-0.2, 0) is 15.9 Å². The summed E-state index contributed by atoms with van der Waals surface area (Å²) in [7, 11) is 3.35. The van der Waals surface area contributed by atoms with Gasteiger partial charge in [0.25, 0.3) is 0 Å². The highest BCUT2D eigenvalue weighted by Gasteiger charge is 2.28. The lowest BCUT2D eigenvalue weighted by Gasteiger charge is -2.30. The number of imidazole rings is 1. The van der Waals surface area contributed by atoms with Crippen molar-refractivity contribution in [1.82, 2.24) is 9.55 Å². The predicted octanol–water partition coefficient (Wildman–Crippen LogP) is 1.42. The fourth-order valence-electron chi connectivity index (χ4n) is 2.15. The quantitative estimate of drug-likeness (QED) is 0.787. The second-order valence-corrected chi connectivity index (χ2v) is 3.94. The van der Waals surface area contributed by atoms with E-state index in [0.717, 1.165) is 31.0 Å². The fourth-order valence-corrected chi connectivity index (χ4v) is 2.15. The molecule has 1 aliphatic rings. The summed E-state index contributed by atoms with van der Waals surface area (Å²) in [5.74, 6) is 0.923. The van der Waals surface area contributed by atoms with Crippen LogP contribution in [0.4, 0.5) is 5.95 Å². The highest BCUT2D eigenvalue weighted by atomic mass is 16.7. The van der Waals surface area contributed by atoms with Crippen molar-refractivity contribution in [2.45, 2.75) is 32.1 Å². The summed E-state index contributed by atoms with van der Waals surface area (Å²) >= 11 is 0. The van der Waals surface area contributed by atoms with Crippen molar-refractivity contribution >= 4 is 5.95 Å². The van der Waals surface area contributed by atoms with Crippen molar-refractivity contribution in [3.05, 3.63) is 11.9 Å². The molecule has 2 rings (SSSR count). The van der Waals surface area contributed by atoms with E-state index in [1.807, 2.05) is 0 Å². The van der Waals surface area contributed by atoms with Crippen LogP contribution in [0, 0.1) is 0 Å². The Hall–Kier alpha value is -1.07. The van der Waals surface area contributed by atoms with E-state index in [2.05, 4.69) is 28.0 Å². The number of hydrogen-bond acceptors (Lipinski definition) is 4. The van der Waals surface area contributed by atoms with Crippen LogP contribution in [0.15, 0.2) is 6.20 Å². The molecule has 1 N–H and O–H groups in total. The standard InChI is InChI=1S/C11H19N3O2/c1-4-8-7-14-9(10(15-2)16-3)5-6-12-11(14)13-8/h7,9-10H,4-6H2,1-3H3,(H,12,13). The summed E-state index contributed by atoms with van der Waals surface area (Å²) in [6.45, 7) is 3.02. The van der Waals surface area contributed by atoms with Crippen molar-refractivity contribution in [3.8, 4) is 0 Å². The summed E-state index contributed by atoms with van der Waals surface area (Å²) < 4.78 is 12.8. The lowest BCUT2D eigenvalue weighted by Crippen LogP contribution is -2.33. The third-order valence-electron chi connectivity index (χ3n) is 3.00. The van der Waals surface area contributed by atoms with Gasteiger partial charge >= 0.3 is 0 Å². The number of hydrogen-bond donors (Lipinski definition) is 1. The maximum absolute atomic E-state index is 5.34. The normalized spacial score (nSPS) is 19.6. The predicted molar refractivity (Wildman–Crippen MR) is 61.6 cm³/mol. The number of nitrogens with zero attached hydrogens (tertiary/aromatic N) is 2. The molecule has 0 radical (unpaired) electrons. The van der Waals surface area contributed by atoms with E-state index in [4.69, 9.17) is 9.47 Å². The first-order valence-electron chi connectivity index (χ1n) is 5.67. The molecule has 1 aromatic rings. The highest BCUT2D eigenvalue weighted by molar-refractivity contribution is 5.32. The van der Waals surface area contributed by atoms with E-state index in [1.54, 1.807) is 14.2 Å². The van der Waals surface area contributed by atoms with Gasteiger partial charge in [0.1, 0.15) is 0 Å². The number of aryl methyl sites for hydroxylation is 1. The van der Waals surface area contributed by atoms with Crippen molar-refractivity contribution in [1.29, 1.82) is 0 Å². The smallest absolute Gasteiger partial charge is 0.203 e. The van der Waals surface area contributed by atoms with Crippen molar-refractivity contribution in [2.75, 3.05) is 26.1 Å². The first-order valence-corrected chi connectivity index (χ1v) is 5.67. The van der Waals surface area contributed by atoms with E-state index in [-0.39, 0.29) is 12.3 Å². The summed E-state index contributed by atoms with van der Waals surface area (Å²) in [6, 6.07) is 0.207. The Morgan fingerprint density at radius 3 is 2.94 bits per heavy atom. The topological polar surface area (TPSA) is 48.3 Å². The molecule has 5 nitrogen and oxygen atoms in total. The van der Waals surface area contributed by atoms with Crippen LogP contribution in [0.1, 0.15) is 25.1 Å². The van der Waals surface area contributed by atoms with Gasteiger partial charge in [0.15, 0.2) is 6.29 Å². The van der Waals surface area contributed by atoms with Gasteiger partial charge in [0.05, 0.1) is 11.7 Å². The highest BCUT2D eigenvalue weighted by Crippen LogP contribution is 2.28. The van der Waals surface area contributed by atoms with Crippen molar-refractivity contribution < 1.29 is 9.47 Å². The van der Waals surface area contributed by atoms with E-state index >= 15 is 0 Å². The molecule has 0 amide bonds. The first kappa shape index (κ1) is 11.4. The van der Waals surface area contributed by atoms with Crippen LogP contribution in [0.2, 0.25) is 0 Å². The zero-order valence-electron chi connectivity index (χ0n) is 10.1. The molecule has 0 bridgehead atoms. The van der Waals surface area contributed by atoms with Gasteiger partial charge in [0, 0.05) is 27.0 Å². The van der Waals surface area contributed by atoms with E-state index in [0.29, 0.717) is 0 Å². The molecule has 5 heteroatoms. The number of ether oxygens (including phenoxy) is 2. The molecular weight excluding hydrogens is 206 g/mol. The molecule has 0 saturated heterocycles. The number of fused-ring (bicyclic) bond motifs is 1. The second-order valence-electron chi connectivity index (χ2n) is 3.94. The molecule has 0 saturated carbocycles. The number of rotatable bonds is 4. The average Bonchev–Trinajstić information content (AvgIpc) is 2.74. The van der Waals surface area contributed by atoms with Gasteiger partial charge in [-0.2, -0.15) is 0 Å². The van der Waals surface area contributed by atoms with Crippen LogP contribution in [-0.4, -0.2) is 36.6 Å². The van der Waals surface area contributed by atoms with Gasteiger partial charge in [-0.1, -0.05) is 6.92 Å². The maximum atomic E-state index is 5.34. The Bertz CT molecular complexity index is 347. The molecule has 0 aromatic carbocycles. The fraction of sp³-hybridized carbons (Fsp3) is 0.727. The molecule has 0 aliphatic carbocycles.